The van der Waals surface area contributed by atoms with E-state index in [1.807, 2.05) is 6.92 Å². The Kier molecular flexibility index (Phi) is 2.75. The Morgan fingerprint density at radius 1 is 1.38 bits per heavy atom. The van der Waals surface area contributed by atoms with Crippen LogP contribution in [0, 0.1) is 6.92 Å². The van der Waals surface area contributed by atoms with Crippen LogP contribution in [0.3, 0.4) is 0 Å². The van der Waals surface area contributed by atoms with E-state index in [0.29, 0.717) is 0 Å². The number of aryl methyl sites for hydroxylation is 1. The van der Waals surface area contributed by atoms with Gasteiger partial charge in [-0.2, -0.15) is 10.2 Å². The molecule has 2 aromatic heterocycles. The predicted octanol–water partition coefficient (Wildman–Crippen LogP) is -0.0803. The van der Waals surface area contributed by atoms with Crippen LogP contribution < -0.4 is 4.72 Å². The summed E-state index contributed by atoms with van der Waals surface area (Å²) in [5.74, 6) is 0. The van der Waals surface area contributed by atoms with Crippen LogP contribution in [0.25, 0.3) is 0 Å². The van der Waals surface area contributed by atoms with Crippen molar-refractivity contribution in [1.82, 2.24) is 25.1 Å². The van der Waals surface area contributed by atoms with Crippen molar-refractivity contribution in [3.63, 3.8) is 0 Å². The smallest absolute Gasteiger partial charge is 0.243 e. The van der Waals surface area contributed by atoms with Crippen LogP contribution in [0.1, 0.15) is 11.3 Å². The Balaban J connectivity index is 2.09. The molecule has 0 atom stereocenters. The molecule has 0 aliphatic carbocycles. The second-order valence-electron chi connectivity index (χ2n) is 3.28. The summed E-state index contributed by atoms with van der Waals surface area (Å²) in [6.45, 7) is 2.03. The van der Waals surface area contributed by atoms with Crippen LogP contribution in [-0.4, -0.2) is 28.8 Å². The number of aromatic nitrogens is 4. The van der Waals surface area contributed by atoms with Crippen LogP contribution in [0.4, 0.5) is 0 Å². The fourth-order valence-electron chi connectivity index (χ4n) is 1.20. The molecule has 0 unspecified atom stereocenters. The summed E-state index contributed by atoms with van der Waals surface area (Å²) in [4.78, 5) is 0.119. The van der Waals surface area contributed by atoms with Gasteiger partial charge in [-0.15, -0.1) is 0 Å². The van der Waals surface area contributed by atoms with Crippen molar-refractivity contribution >= 4 is 10.0 Å². The maximum Gasteiger partial charge on any atom is 0.243 e. The highest BCUT2D eigenvalue weighted by atomic mass is 32.2. The summed E-state index contributed by atoms with van der Waals surface area (Å²) in [5, 5.41) is 12.6. The highest BCUT2D eigenvalue weighted by Crippen LogP contribution is 2.07. The van der Waals surface area contributed by atoms with Gasteiger partial charge in [-0.25, -0.2) is 13.1 Å². The molecule has 0 spiro atoms. The summed E-state index contributed by atoms with van der Waals surface area (Å²) in [7, 11) is -3.50. The summed E-state index contributed by atoms with van der Waals surface area (Å²) in [5.41, 5.74) is 1.65. The van der Waals surface area contributed by atoms with E-state index in [0.717, 1.165) is 11.3 Å². The first-order valence-corrected chi connectivity index (χ1v) is 6.05. The van der Waals surface area contributed by atoms with Crippen molar-refractivity contribution in [3.8, 4) is 0 Å². The fraction of sp³-hybridized carbons (Fsp3) is 0.250. The molecule has 0 amide bonds. The largest absolute Gasteiger partial charge is 0.284 e. The highest BCUT2D eigenvalue weighted by molar-refractivity contribution is 7.89. The van der Waals surface area contributed by atoms with E-state index >= 15 is 0 Å². The molecule has 2 rings (SSSR count). The molecule has 2 aromatic rings. The van der Waals surface area contributed by atoms with Gasteiger partial charge in [-0.05, 0) is 6.92 Å². The van der Waals surface area contributed by atoms with E-state index in [9.17, 15) is 8.42 Å². The van der Waals surface area contributed by atoms with E-state index < -0.39 is 10.0 Å². The summed E-state index contributed by atoms with van der Waals surface area (Å²) < 4.78 is 25.9. The lowest BCUT2D eigenvalue weighted by Crippen LogP contribution is -2.22. The molecule has 2 heterocycles. The van der Waals surface area contributed by atoms with E-state index in [1.165, 1.54) is 12.4 Å². The highest BCUT2D eigenvalue weighted by Gasteiger charge is 2.15. The van der Waals surface area contributed by atoms with Gasteiger partial charge in [-0.1, -0.05) is 0 Å². The third-order valence-electron chi connectivity index (χ3n) is 2.17. The number of nitrogens with zero attached hydrogens (tertiary/aromatic N) is 2. The quantitative estimate of drug-likeness (QED) is 0.696. The lowest BCUT2D eigenvalue weighted by atomic mass is 10.3. The average molecular weight is 241 g/mol. The molecule has 0 radical (unpaired) electrons. The van der Waals surface area contributed by atoms with Gasteiger partial charge >= 0.3 is 0 Å². The second kappa shape index (κ2) is 4.06. The first-order valence-electron chi connectivity index (χ1n) is 4.57. The molecule has 7 nitrogen and oxygen atoms in total. The lowest BCUT2D eigenvalue weighted by Gasteiger charge is -2.03. The van der Waals surface area contributed by atoms with Crippen LogP contribution in [-0.2, 0) is 16.6 Å². The predicted molar refractivity (Wildman–Crippen MR) is 55.9 cm³/mol. The lowest BCUT2D eigenvalue weighted by molar-refractivity contribution is 0.581. The Morgan fingerprint density at radius 2 is 2.19 bits per heavy atom. The Morgan fingerprint density at radius 3 is 2.75 bits per heavy atom. The van der Waals surface area contributed by atoms with Crippen molar-refractivity contribution in [2.75, 3.05) is 0 Å². The van der Waals surface area contributed by atoms with Crippen molar-refractivity contribution in [3.05, 3.63) is 29.8 Å². The van der Waals surface area contributed by atoms with Gasteiger partial charge in [0.15, 0.2) is 0 Å². The molecule has 0 saturated heterocycles. The van der Waals surface area contributed by atoms with E-state index in [-0.39, 0.29) is 11.4 Å². The Hall–Kier alpha value is -1.67. The summed E-state index contributed by atoms with van der Waals surface area (Å²) >= 11 is 0. The number of hydrogen-bond acceptors (Lipinski definition) is 4. The van der Waals surface area contributed by atoms with Gasteiger partial charge in [0.1, 0.15) is 4.90 Å². The maximum absolute atomic E-state index is 11.7. The van der Waals surface area contributed by atoms with Gasteiger partial charge in [0.05, 0.1) is 12.4 Å². The standard InChI is InChI=1S/C8H11N5O2S/c1-6-7(2-11-13-6)3-12-16(14,15)8-4-9-10-5-8/h2,4-5,12H,3H2,1H3,(H,9,10)(H,11,13). The maximum atomic E-state index is 11.7. The number of hydrogen-bond donors (Lipinski definition) is 3. The fourth-order valence-corrected chi connectivity index (χ4v) is 2.11. The second-order valence-corrected chi connectivity index (χ2v) is 5.05. The zero-order chi connectivity index (χ0) is 11.6. The van der Waals surface area contributed by atoms with E-state index in [2.05, 4.69) is 25.1 Å². The van der Waals surface area contributed by atoms with Crippen LogP contribution in [0.15, 0.2) is 23.5 Å². The van der Waals surface area contributed by atoms with Crippen molar-refractivity contribution < 1.29 is 8.42 Å². The molecular formula is C8H11N5O2S. The molecule has 0 aromatic carbocycles. The monoisotopic (exact) mass is 241 g/mol. The van der Waals surface area contributed by atoms with Gasteiger partial charge in [0.2, 0.25) is 10.0 Å². The number of nitrogens with one attached hydrogen (secondary N) is 3. The normalized spacial score (nSPS) is 11.8. The Bertz CT molecular complexity index is 557. The summed E-state index contributed by atoms with van der Waals surface area (Å²) in [6.07, 6.45) is 4.17. The van der Waals surface area contributed by atoms with Crippen molar-refractivity contribution in [2.45, 2.75) is 18.4 Å². The molecule has 86 valence electrons. The topological polar surface area (TPSA) is 104 Å². The molecule has 0 bridgehead atoms. The Labute approximate surface area is 92.3 Å². The number of sulfonamides is 1. The van der Waals surface area contributed by atoms with Gasteiger partial charge in [0, 0.05) is 24.0 Å². The molecule has 0 aliphatic rings. The zero-order valence-corrected chi connectivity index (χ0v) is 9.37. The molecule has 0 saturated carbocycles. The number of H-pyrrole nitrogens is 2. The summed E-state index contributed by atoms with van der Waals surface area (Å²) in [6, 6.07) is 0. The third-order valence-corrected chi connectivity index (χ3v) is 3.54. The number of rotatable bonds is 4. The average Bonchev–Trinajstić information content (AvgIpc) is 2.85. The third kappa shape index (κ3) is 2.12. The molecular weight excluding hydrogens is 230 g/mol. The van der Waals surface area contributed by atoms with E-state index in [1.54, 1.807) is 6.20 Å². The number of aromatic amines is 2. The minimum Gasteiger partial charge on any atom is -0.284 e. The zero-order valence-electron chi connectivity index (χ0n) is 8.56. The van der Waals surface area contributed by atoms with Crippen molar-refractivity contribution in [2.24, 2.45) is 0 Å². The minimum absolute atomic E-state index is 0.119. The van der Waals surface area contributed by atoms with Crippen LogP contribution >= 0.6 is 0 Å². The molecule has 16 heavy (non-hydrogen) atoms. The van der Waals surface area contributed by atoms with Gasteiger partial charge in [0.25, 0.3) is 0 Å². The van der Waals surface area contributed by atoms with Crippen LogP contribution in [0.2, 0.25) is 0 Å². The molecule has 8 heteroatoms. The van der Waals surface area contributed by atoms with Crippen LogP contribution in [0.5, 0.6) is 0 Å². The van der Waals surface area contributed by atoms with Crippen molar-refractivity contribution in [1.29, 1.82) is 0 Å². The SMILES string of the molecule is Cc1[nH]ncc1CNS(=O)(=O)c1cn[nH]c1. The van der Waals surface area contributed by atoms with Gasteiger partial charge < -0.3 is 0 Å². The molecule has 0 fully saturated rings. The first kappa shape index (κ1) is 10.8. The molecule has 3 N–H and O–H groups in total. The minimum atomic E-state index is -3.50. The molecule has 0 aliphatic heterocycles. The van der Waals surface area contributed by atoms with Gasteiger partial charge in [-0.3, -0.25) is 10.2 Å². The first-order chi connectivity index (χ1) is 7.59. The van der Waals surface area contributed by atoms with E-state index in [4.69, 9.17) is 0 Å².